The van der Waals surface area contributed by atoms with Gasteiger partial charge >= 0.3 is 0 Å². The fourth-order valence-corrected chi connectivity index (χ4v) is 1.66. The van der Waals surface area contributed by atoms with E-state index in [-0.39, 0.29) is 5.82 Å². The molecule has 0 spiro atoms. The van der Waals surface area contributed by atoms with Crippen LogP contribution in [0.3, 0.4) is 0 Å². The van der Waals surface area contributed by atoms with Crippen molar-refractivity contribution in [3.05, 3.63) is 52.0 Å². The number of aromatic nitrogens is 1. The maximum Gasteiger partial charge on any atom is 0.123 e. The van der Waals surface area contributed by atoms with Gasteiger partial charge in [0.1, 0.15) is 9.52 Å². The molecule has 0 atom stereocenters. The van der Waals surface area contributed by atoms with E-state index in [1.165, 1.54) is 12.1 Å². The molecule has 3 heteroatoms. The highest BCUT2D eigenvalue weighted by Crippen LogP contribution is 2.17. The Morgan fingerprint density at radius 3 is 2.36 bits per heavy atom. The van der Waals surface area contributed by atoms with Gasteiger partial charge in [-0.25, -0.2) is 9.37 Å². The normalized spacial score (nSPS) is 10.1. The molecule has 0 aliphatic heterocycles. The van der Waals surface area contributed by atoms with E-state index in [1.807, 2.05) is 18.2 Å². The SMILES string of the molecule is Fc1ccc(-c2cccc(I)n2)cc1. The highest BCUT2D eigenvalue weighted by molar-refractivity contribution is 14.1. The molecule has 70 valence electrons. The van der Waals surface area contributed by atoms with Crippen molar-refractivity contribution in [2.45, 2.75) is 0 Å². The Kier molecular flexibility index (Phi) is 2.77. The molecule has 0 amide bonds. The smallest absolute Gasteiger partial charge is 0.123 e. The number of hydrogen-bond donors (Lipinski definition) is 0. The lowest BCUT2D eigenvalue weighted by Gasteiger charge is -2.00. The molecule has 0 N–H and O–H groups in total. The minimum absolute atomic E-state index is 0.223. The fraction of sp³-hybridized carbons (Fsp3) is 0. The first-order chi connectivity index (χ1) is 6.75. The van der Waals surface area contributed by atoms with Crippen LogP contribution in [0.1, 0.15) is 0 Å². The topological polar surface area (TPSA) is 12.9 Å². The maximum atomic E-state index is 12.7. The summed E-state index contributed by atoms with van der Waals surface area (Å²) in [4.78, 5) is 4.34. The minimum Gasteiger partial charge on any atom is -0.242 e. The average Bonchev–Trinajstić information content (AvgIpc) is 2.19. The maximum absolute atomic E-state index is 12.7. The van der Waals surface area contributed by atoms with Gasteiger partial charge in [0.15, 0.2) is 0 Å². The summed E-state index contributed by atoms with van der Waals surface area (Å²) in [6, 6.07) is 12.1. The highest BCUT2D eigenvalue weighted by atomic mass is 127. The first-order valence-electron chi connectivity index (χ1n) is 4.14. The van der Waals surface area contributed by atoms with Crippen LogP contribution in [0.2, 0.25) is 0 Å². The van der Waals surface area contributed by atoms with Gasteiger partial charge in [0.25, 0.3) is 0 Å². The van der Waals surface area contributed by atoms with Crippen LogP contribution in [0, 0.1) is 9.52 Å². The molecule has 14 heavy (non-hydrogen) atoms. The molecular formula is C11H7FIN. The van der Waals surface area contributed by atoms with Crippen molar-refractivity contribution in [3.8, 4) is 11.3 Å². The Morgan fingerprint density at radius 1 is 1.00 bits per heavy atom. The summed E-state index contributed by atoms with van der Waals surface area (Å²) < 4.78 is 13.6. The summed E-state index contributed by atoms with van der Waals surface area (Å²) in [5, 5.41) is 0. The van der Waals surface area contributed by atoms with Crippen LogP contribution in [0.5, 0.6) is 0 Å². The molecule has 0 saturated carbocycles. The number of rotatable bonds is 1. The van der Waals surface area contributed by atoms with E-state index in [4.69, 9.17) is 0 Å². The van der Waals surface area contributed by atoms with Crippen molar-refractivity contribution in [2.75, 3.05) is 0 Å². The second kappa shape index (κ2) is 4.04. The van der Waals surface area contributed by atoms with Crippen LogP contribution in [-0.2, 0) is 0 Å². The molecule has 0 radical (unpaired) electrons. The predicted molar refractivity (Wildman–Crippen MR) is 62.3 cm³/mol. The van der Waals surface area contributed by atoms with E-state index in [9.17, 15) is 4.39 Å². The van der Waals surface area contributed by atoms with Crippen molar-refractivity contribution in [1.29, 1.82) is 0 Å². The first-order valence-corrected chi connectivity index (χ1v) is 5.22. The van der Waals surface area contributed by atoms with Gasteiger partial charge in [0.05, 0.1) is 5.69 Å². The van der Waals surface area contributed by atoms with Crippen LogP contribution < -0.4 is 0 Å². The Labute approximate surface area is 95.1 Å². The van der Waals surface area contributed by atoms with E-state index in [2.05, 4.69) is 27.6 Å². The van der Waals surface area contributed by atoms with Crippen molar-refractivity contribution in [1.82, 2.24) is 4.98 Å². The average molecular weight is 299 g/mol. The van der Waals surface area contributed by atoms with Crippen LogP contribution in [-0.4, -0.2) is 4.98 Å². The third-order valence-electron chi connectivity index (χ3n) is 1.86. The van der Waals surface area contributed by atoms with Crippen molar-refractivity contribution in [3.63, 3.8) is 0 Å². The Morgan fingerprint density at radius 2 is 1.71 bits per heavy atom. The van der Waals surface area contributed by atoms with E-state index in [1.54, 1.807) is 12.1 Å². The molecule has 2 aromatic rings. The minimum atomic E-state index is -0.223. The third kappa shape index (κ3) is 2.09. The summed E-state index contributed by atoms with van der Waals surface area (Å²) >= 11 is 2.15. The Balaban J connectivity index is 2.44. The molecule has 0 aliphatic rings. The van der Waals surface area contributed by atoms with E-state index < -0.39 is 0 Å². The number of halogens is 2. The number of hydrogen-bond acceptors (Lipinski definition) is 1. The Hall–Kier alpha value is -0.970. The summed E-state index contributed by atoms with van der Waals surface area (Å²) in [7, 11) is 0. The molecule has 0 saturated heterocycles. The van der Waals surface area contributed by atoms with Gasteiger partial charge in [-0.3, -0.25) is 0 Å². The van der Waals surface area contributed by atoms with E-state index in [0.717, 1.165) is 15.0 Å². The van der Waals surface area contributed by atoms with E-state index >= 15 is 0 Å². The van der Waals surface area contributed by atoms with Gasteiger partial charge in [-0.15, -0.1) is 0 Å². The highest BCUT2D eigenvalue weighted by Gasteiger charge is 1.99. The van der Waals surface area contributed by atoms with Crippen LogP contribution >= 0.6 is 22.6 Å². The number of pyridine rings is 1. The van der Waals surface area contributed by atoms with Crippen molar-refractivity contribution in [2.24, 2.45) is 0 Å². The monoisotopic (exact) mass is 299 g/mol. The van der Waals surface area contributed by atoms with Crippen molar-refractivity contribution < 1.29 is 4.39 Å². The lowest BCUT2D eigenvalue weighted by atomic mass is 10.1. The lowest BCUT2D eigenvalue weighted by molar-refractivity contribution is 0.628. The molecule has 1 aromatic heterocycles. The van der Waals surface area contributed by atoms with Gasteiger partial charge in [-0.05, 0) is 59.0 Å². The summed E-state index contributed by atoms with van der Waals surface area (Å²) in [5.74, 6) is -0.223. The van der Waals surface area contributed by atoms with Crippen LogP contribution in [0.15, 0.2) is 42.5 Å². The van der Waals surface area contributed by atoms with Gasteiger partial charge in [0, 0.05) is 5.56 Å². The van der Waals surface area contributed by atoms with Crippen LogP contribution in [0.4, 0.5) is 4.39 Å². The summed E-state index contributed by atoms with van der Waals surface area (Å²) in [5.41, 5.74) is 1.81. The molecule has 0 fully saturated rings. The second-order valence-corrected chi connectivity index (χ2v) is 3.96. The third-order valence-corrected chi connectivity index (χ3v) is 2.46. The zero-order valence-electron chi connectivity index (χ0n) is 7.24. The van der Waals surface area contributed by atoms with Gasteiger partial charge in [-0.2, -0.15) is 0 Å². The van der Waals surface area contributed by atoms with E-state index in [0.29, 0.717) is 0 Å². The molecular weight excluding hydrogens is 292 g/mol. The number of benzene rings is 1. The van der Waals surface area contributed by atoms with Gasteiger partial charge in [-0.1, -0.05) is 6.07 Å². The molecule has 2 rings (SSSR count). The standard InChI is InChI=1S/C11H7FIN/c12-9-6-4-8(5-7-9)10-2-1-3-11(13)14-10/h1-7H. The molecule has 0 bridgehead atoms. The van der Waals surface area contributed by atoms with Crippen LogP contribution in [0.25, 0.3) is 11.3 Å². The zero-order chi connectivity index (χ0) is 9.97. The molecule has 1 aromatic carbocycles. The lowest BCUT2D eigenvalue weighted by Crippen LogP contribution is -1.85. The fourth-order valence-electron chi connectivity index (χ4n) is 1.19. The predicted octanol–water partition coefficient (Wildman–Crippen LogP) is 3.49. The molecule has 0 unspecified atom stereocenters. The summed E-state index contributed by atoms with van der Waals surface area (Å²) in [6.45, 7) is 0. The molecule has 1 nitrogen and oxygen atoms in total. The molecule has 0 aliphatic carbocycles. The second-order valence-electron chi connectivity index (χ2n) is 2.85. The first kappa shape index (κ1) is 9.58. The number of nitrogens with zero attached hydrogens (tertiary/aromatic N) is 1. The van der Waals surface area contributed by atoms with Gasteiger partial charge < -0.3 is 0 Å². The Bertz CT molecular complexity index is 439. The van der Waals surface area contributed by atoms with Crippen molar-refractivity contribution >= 4 is 22.6 Å². The quantitative estimate of drug-likeness (QED) is 0.580. The zero-order valence-corrected chi connectivity index (χ0v) is 9.40. The summed E-state index contributed by atoms with van der Waals surface area (Å²) in [6.07, 6.45) is 0. The largest absolute Gasteiger partial charge is 0.242 e. The van der Waals surface area contributed by atoms with Gasteiger partial charge in [0.2, 0.25) is 0 Å². The molecule has 1 heterocycles.